The van der Waals surface area contributed by atoms with Crippen LogP contribution in [-0.4, -0.2) is 32.6 Å². The average molecular weight is 301 g/mol. The highest BCUT2D eigenvalue weighted by atomic mass is 32.2. The minimum Gasteiger partial charge on any atom is -0.493 e. The Morgan fingerprint density at radius 3 is 2.63 bits per heavy atom. The maximum Gasteiger partial charge on any atom is 0.175 e. The van der Waals surface area contributed by atoms with Crippen LogP contribution in [-0.2, 0) is 9.84 Å². The van der Waals surface area contributed by atoms with Gasteiger partial charge < -0.3 is 4.74 Å². The van der Waals surface area contributed by atoms with Gasteiger partial charge in [0.1, 0.15) is 5.75 Å². The van der Waals surface area contributed by atoms with E-state index in [1.54, 1.807) is 12.3 Å². The Kier molecular flexibility index (Phi) is 5.87. The van der Waals surface area contributed by atoms with Crippen LogP contribution in [0.4, 0.5) is 0 Å². The lowest BCUT2D eigenvalue weighted by Crippen LogP contribution is -2.05. The molecule has 0 aliphatic carbocycles. The van der Waals surface area contributed by atoms with Crippen LogP contribution >= 0.6 is 11.8 Å². The molecule has 0 spiro atoms. The van der Waals surface area contributed by atoms with E-state index in [0.717, 1.165) is 19.1 Å². The molecule has 0 radical (unpaired) electrons. The van der Waals surface area contributed by atoms with E-state index < -0.39 is 9.84 Å². The third kappa shape index (κ3) is 4.54. The molecule has 0 unspecified atom stereocenters. The lowest BCUT2D eigenvalue weighted by molar-refractivity contribution is 0.308. The largest absolute Gasteiger partial charge is 0.493 e. The zero-order valence-corrected chi connectivity index (χ0v) is 13.0. The number of hydrogen-bond donors (Lipinski definition) is 1. The zero-order valence-electron chi connectivity index (χ0n) is 11.4. The molecular formula is C13H19NO3S2. The molecule has 0 aliphatic heterocycles. The number of ether oxygens (including phenoxy) is 1. The molecule has 4 nitrogen and oxygen atoms in total. The fraction of sp³-hybridized carbons (Fsp3) is 0.462. The molecule has 0 fully saturated rings. The van der Waals surface area contributed by atoms with E-state index in [1.165, 1.54) is 23.9 Å². The summed E-state index contributed by atoms with van der Waals surface area (Å²) in [5.41, 5.74) is 0.534. The molecule has 0 saturated carbocycles. The fourth-order valence-electron chi connectivity index (χ4n) is 1.48. The molecule has 1 aromatic carbocycles. The first-order valence-electron chi connectivity index (χ1n) is 6.00. The molecule has 1 N–H and O–H groups in total. The van der Waals surface area contributed by atoms with Gasteiger partial charge in [-0.2, -0.15) is 0 Å². The Morgan fingerprint density at radius 2 is 2.11 bits per heavy atom. The first-order chi connectivity index (χ1) is 8.90. The molecule has 0 heterocycles. The number of thioether (sulfide) groups is 1. The Labute approximate surface area is 119 Å². The summed E-state index contributed by atoms with van der Waals surface area (Å²) >= 11 is 1.26. The van der Waals surface area contributed by atoms with Crippen molar-refractivity contribution < 1.29 is 13.2 Å². The molecule has 1 rings (SSSR count). The van der Waals surface area contributed by atoms with Gasteiger partial charge in [-0.05, 0) is 30.9 Å². The summed E-state index contributed by atoms with van der Waals surface area (Å²) in [7, 11) is -3.27. The quantitative estimate of drug-likeness (QED) is 0.498. The van der Waals surface area contributed by atoms with Crippen molar-refractivity contribution in [3.8, 4) is 5.75 Å². The highest BCUT2D eigenvalue weighted by Crippen LogP contribution is 2.26. The SMILES string of the molecule is CCCCOc1ccc(S(C)(=O)=O)cc1C(=N)SC. The van der Waals surface area contributed by atoms with Gasteiger partial charge in [0, 0.05) is 11.8 Å². The number of benzene rings is 1. The second-order valence-electron chi connectivity index (χ2n) is 4.17. The molecule has 0 aliphatic rings. The van der Waals surface area contributed by atoms with Gasteiger partial charge in [0.25, 0.3) is 0 Å². The molecule has 19 heavy (non-hydrogen) atoms. The predicted molar refractivity (Wildman–Crippen MR) is 80.3 cm³/mol. The Balaban J connectivity index is 3.14. The van der Waals surface area contributed by atoms with Gasteiger partial charge in [-0.15, -0.1) is 11.8 Å². The third-order valence-corrected chi connectivity index (χ3v) is 4.32. The highest BCUT2D eigenvalue weighted by molar-refractivity contribution is 8.13. The van der Waals surface area contributed by atoms with Crippen LogP contribution in [0.3, 0.4) is 0 Å². The first-order valence-corrected chi connectivity index (χ1v) is 9.11. The molecule has 0 amide bonds. The summed E-state index contributed by atoms with van der Waals surface area (Å²) < 4.78 is 28.7. The summed E-state index contributed by atoms with van der Waals surface area (Å²) in [6.07, 6.45) is 4.90. The van der Waals surface area contributed by atoms with Gasteiger partial charge in [-0.3, -0.25) is 5.41 Å². The van der Waals surface area contributed by atoms with Crippen LogP contribution in [0.2, 0.25) is 0 Å². The van der Waals surface area contributed by atoms with E-state index in [1.807, 2.05) is 0 Å². The molecule has 0 aromatic heterocycles. The fourth-order valence-corrected chi connectivity index (χ4v) is 2.51. The van der Waals surface area contributed by atoms with E-state index in [4.69, 9.17) is 10.1 Å². The van der Waals surface area contributed by atoms with Gasteiger partial charge in [0.2, 0.25) is 0 Å². The van der Waals surface area contributed by atoms with E-state index in [2.05, 4.69) is 6.92 Å². The molecule has 0 saturated heterocycles. The van der Waals surface area contributed by atoms with Crippen LogP contribution in [0.5, 0.6) is 5.75 Å². The minimum absolute atomic E-state index is 0.212. The Bertz CT molecular complexity index is 553. The van der Waals surface area contributed by atoms with Crippen LogP contribution in [0.15, 0.2) is 23.1 Å². The van der Waals surface area contributed by atoms with Crippen molar-refractivity contribution in [2.45, 2.75) is 24.7 Å². The molecular weight excluding hydrogens is 282 g/mol. The topological polar surface area (TPSA) is 67.2 Å². The van der Waals surface area contributed by atoms with Crippen LogP contribution < -0.4 is 4.74 Å². The zero-order chi connectivity index (χ0) is 14.5. The molecule has 0 bridgehead atoms. The van der Waals surface area contributed by atoms with Gasteiger partial charge in [0.05, 0.1) is 16.5 Å². The number of rotatable bonds is 6. The standard InChI is InChI=1S/C13H19NO3S2/c1-4-5-8-17-12-7-6-10(19(3,15)16)9-11(12)13(14)18-2/h6-7,9,14H,4-5,8H2,1-3H3. The Hall–Kier alpha value is -1.01. The van der Waals surface area contributed by atoms with E-state index >= 15 is 0 Å². The van der Waals surface area contributed by atoms with Crippen molar-refractivity contribution in [2.75, 3.05) is 19.1 Å². The lowest BCUT2D eigenvalue weighted by Gasteiger charge is -2.12. The molecule has 106 valence electrons. The van der Waals surface area contributed by atoms with Crippen molar-refractivity contribution in [3.05, 3.63) is 23.8 Å². The molecule has 0 atom stereocenters. The molecule has 1 aromatic rings. The minimum atomic E-state index is -3.27. The summed E-state index contributed by atoms with van der Waals surface area (Å²) in [6, 6.07) is 4.66. The number of sulfone groups is 1. The van der Waals surface area contributed by atoms with Crippen LogP contribution in [0.25, 0.3) is 0 Å². The van der Waals surface area contributed by atoms with Gasteiger partial charge in [-0.1, -0.05) is 13.3 Å². The normalized spacial score (nSPS) is 11.3. The van der Waals surface area contributed by atoms with Crippen molar-refractivity contribution in [1.82, 2.24) is 0 Å². The lowest BCUT2D eigenvalue weighted by atomic mass is 10.2. The first kappa shape index (κ1) is 16.0. The van der Waals surface area contributed by atoms with Crippen LogP contribution in [0, 0.1) is 5.41 Å². The number of nitrogens with one attached hydrogen (secondary N) is 1. The Morgan fingerprint density at radius 1 is 1.42 bits per heavy atom. The number of hydrogen-bond acceptors (Lipinski definition) is 5. The average Bonchev–Trinajstić information content (AvgIpc) is 2.37. The van der Waals surface area contributed by atoms with Crippen LogP contribution in [0.1, 0.15) is 25.3 Å². The second kappa shape index (κ2) is 6.96. The maximum absolute atomic E-state index is 11.5. The van der Waals surface area contributed by atoms with E-state index in [0.29, 0.717) is 23.0 Å². The highest BCUT2D eigenvalue weighted by Gasteiger charge is 2.14. The summed E-state index contributed by atoms with van der Waals surface area (Å²) in [6.45, 7) is 2.64. The molecule has 6 heteroatoms. The monoisotopic (exact) mass is 301 g/mol. The van der Waals surface area contributed by atoms with E-state index in [9.17, 15) is 8.42 Å². The van der Waals surface area contributed by atoms with Crippen molar-refractivity contribution in [1.29, 1.82) is 5.41 Å². The van der Waals surface area contributed by atoms with Gasteiger partial charge >= 0.3 is 0 Å². The number of unbranched alkanes of at least 4 members (excludes halogenated alkanes) is 1. The van der Waals surface area contributed by atoms with Crippen molar-refractivity contribution in [3.63, 3.8) is 0 Å². The van der Waals surface area contributed by atoms with Crippen molar-refractivity contribution in [2.24, 2.45) is 0 Å². The summed E-state index contributed by atoms with van der Waals surface area (Å²) in [5.74, 6) is 0.570. The van der Waals surface area contributed by atoms with Gasteiger partial charge in [0.15, 0.2) is 9.84 Å². The second-order valence-corrected chi connectivity index (χ2v) is 7.00. The van der Waals surface area contributed by atoms with Gasteiger partial charge in [-0.25, -0.2) is 8.42 Å². The van der Waals surface area contributed by atoms with E-state index in [-0.39, 0.29) is 4.90 Å². The summed E-state index contributed by atoms with van der Waals surface area (Å²) in [5, 5.41) is 8.19. The smallest absolute Gasteiger partial charge is 0.175 e. The van der Waals surface area contributed by atoms with Crippen molar-refractivity contribution >= 4 is 26.6 Å². The third-order valence-electron chi connectivity index (χ3n) is 2.58. The summed E-state index contributed by atoms with van der Waals surface area (Å²) in [4.78, 5) is 0.212. The maximum atomic E-state index is 11.5. The predicted octanol–water partition coefficient (Wildman–Crippen LogP) is 2.96.